The third kappa shape index (κ3) is 5.32. The molecule has 0 N–H and O–H groups in total. The predicted molar refractivity (Wildman–Crippen MR) is 131 cm³/mol. The van der Waals surface area contributed by atoms with Gasteiger partial charge in [-0.1, -0.05) is 18.2 Å². The first-order valence-corrected chi connectivity index (χ1v) is 12.1. The largest absolute Gasteiger partial charge is 0.484 e. The fraction of sp³-hybridized carbons (Fsp3) is 0.481. The highest BCUT2D eigenvalue weighted by atomic mass is 16.5. The zero-order valence-electron chi connectivity index (χ0n) is 20.0. The molecule has 0 aromatic heterocycles. The highest BCUT2D eigenvalue weighted by Crippen LogP contribution is 2.24. The van der Waals surface area contributed by atoms with Gasteiger partial charge >= 0.3 is 0 Å². The number of likely N-dealkylation sites (tertiary alicyclic amines) is 1. The molecule has 0 bridgehead atoms. The third-order valence-electron chi connectivity index (χ3n) is 6.97. The van der Waals surface area contributed by atoms with Crippen LogP contribution in [0.4, 0.5) is 5.69 Å². The molecule has 2 unspecified atom stereocenters. The molecule has 33 heavy (non-hydrogen) atoms. The van der Waals surface area contributed by atoms with E-state index in [4.69, 9.17) is 4.74 Å². The molecule has 0 saturated carbocycles. The second-order valence-corrected chi connectivity index (χ2v) is 9.31. The number of amides is 2. The maximum atomic E-state index is 13.0. The number of piperidine rings is 1. The molecule has 2 atom stereocenters. The second kappa shape index (κ2) is 10.3. The Balaban J connectivity index is 1.29. The second-order valence-electron chi connectivity index (χ2n) is 9.31. The number of ether oxygens (including phenoxy) is 1. The van der Waals surface area contributed by atoms with Crippen LogP contribution in [0.3, 0.4) is 0 Å². The van der Waals surface area contributed by atoms with E-state index >= 15 is 0 Å². The summed E-state index contributed by atoms with van der Waals surface area (Å²) in [6.07, 6.45) is 3.27. The highest BCUT2D eigenvalue weighted by Gasteiger charge is 2.29. The van der Waals surface area contributed by atoms with Gasteiger partial charge in [0, 0.05) is 49.5 Å². The van der Waals surface area contributed by atoms with Crippen LogP contribution < -0.4 is 9.64 Å². The van der Waals surface area contributed by atoms with Gasteiger partial charge in [0.2, 0.25) is 0 Å². The van der Waals surface area contributed by atoms with Crippen LogP contribution in [-0.4, -0.2) is 66.5 Å². The van der Waals surface area contributed by atoms with Gasteiger partial charge in [0.25, 0.3) is 11.8 Å². The third-order valence-corrected chi connectivity index (χ3v) is 6.97. The summed E-state index contributed by atoms with van der Waals surface area (Å²) < 4.78 is 5.75. The van der Waals surface area contributed by atoms with Crippen molar-refractivity contribution in [2.75, 3.05) is 37.7 Å². The molecule has 2 aliphatic heterocycles. The minimum absolute atomic E-state index is 0.0291. The Kier molecular flexibility index (Phi) is 7.21. The molecule has 0 spiro atoms. The number of piperazine rings is 1. The molecule has 2 aromatic rings. The Morgan fingerprint density at radius 1 is 0.909 bits per heavy atom. The molecule has 2 heterocycles. The van der Waals surface area contributed by atoms with Crippen molar-refractivity contribution < 1.29 is 14.3 Å². The van der Waals surface area contributed by atoms with Crippen LogP contribution in [0.5, 0.6) is 5.75 Å². The average Bonchev–Trinajstić information content (AvgIpc) is 2.83. The molecule has 2 aromatic carbocycles. The van der Waals surface area contributed by atoms with E-state index in [2.05, 4.69) is 49.9 Å². The Morgan fingerprint density at radius 2 is 1.55 bits per heavy atom. The van der Waals surface area contributed by atoms with Crippen LogP contribution in [0.15, 0.2) is 48.5 Å². The van der Waals surface area contributed by atoms with Gasteiger partial charge < -0.3 is 19.4 Å². The van der Waals surface area contributed by atoms with Crippen molar-refractivity contribution in [3.05, 3.63) is 59.7 Å². The van der Waals surface area contributed by atoms with Crippen LogP contribution in [0.2, 0.25) is 0 Å². The molecule has 2 aliphatic rings. The van der Waals surface area contributed by atoms with E-state index in [-0.39, 0.29) is 30.5 Å². The number of para-hydroxylation sites is 1. The number of carbonyl (C=O) groups excluding carboxylic acids is 2. The molecule has 4 rings (SSSR count). The summed E-state index contributed by atoms with van der Waals surface area (Å²) in [7, 11) is 0. The van der Waals surface area contributed by atoms with Crippen molar-refractivity contribution in [3.63, 3.8) is 0 Å². The highest BCUT2D eigenvalue weighted by molar-refractivity contribution is 5.94. The van der Waals surface area contributed by atoms with Gasteiger partial charge in [-0.2, -0.15) is 0 Å². The normalized spacial score (nSPS) is 21.1. The van der Waals surface area contributed by atoms with Crippen LogP contribution in [-0.2, 0) is 4.79 Å². The zero-order valence-corrected chi connectivity index (χ0v) is 20.0. The summed E-state index contributed by atoms with van der Waals surface area (Å²) in [5, 5.41) is 0. The predicted octanol–water partition coefficient (Wildman–Crippen LogP) is 4.13. The Hall–Kier alpha value is -3.02. The minimum Gasteiger partial charge on any atom is -0.484 e. The van der Waals surface area contributed by atoms with Crippen molar-refractivity contribution in [1.29, 1.82) is 0 Å². The molecule has 6 heteroatoms. The summed E-state index contributed by atoms with van der Waals surface area (Å²) in [5.74, 6) is 0.681. The summed E-state index contributed by atoms with van der Waals surface area (Å²) >= 11 is 0. The molecular weight excluding hydrogens is 414 g/mol. The first kappa shape index (κ1) is 23.1. The fourth-order valence-electron chi connectivity index (χ4n) is 5.08. The van der Waals surface area contributed by atoms with Gasteiger partial charge in [-0.15, -0.1) is 0 Å². The van der Waals surface area contributed by atoms with Crippen molar-refractivity contribution in [2.24, 2.45) is 0 Å². The SMILES string of the molecule is Cc1ccccc1N1CCN(C(=O)c2ccc(OCC(=O)N3C(C)CCCC3C)cc2)CC1. The average molecular weight is 450 g/mol. The fourth-order valence-corrected chi connectivity index (χ4v) is 5.08. The summed E-state index contributed by atoms with van der Waals surface area (Å²) in [5.41, 5.74) is 3.15. The lowest BCUT2D eigenvalue weighted by molar-refractivity contribution is -0.139. The number of benzene rings is 2. The smallest absolute Gasteiger partial charge is 0.260 e. The van der Waals surface area contributed by atoms with E-state index in [1.807, 2.05) is 9.80 Å². The summed E-state index contributed by atoms with van der Waals surface area (Å²) in [4.78, 5) is 31.8. The van der Waals surface area contributed by atoms with Crippen molar-refractivity contribution in [2.45, 2.75) is 52.1 Å². The molecule has 2 amide bonds. The van der Waals surface area contributed by atoms with E-state index in [0.29, 0.717) is 24.4 Å². The van der Waals surface area contributed by atoms with E-state index < -0.39 is 0 Å². The van der Waals surface area contributed by atoms with Gasteiger partial charge in [0.1, 0.15) is 5.75 Å². The maximum absolute atomic E-state index is 13.0. The molecule has 2 saturated heterocycles. The van der Waals surface area contributed by atoms with Crippen molar-refractivity contribution in [3.8, 4) is 5.75 Å². The quantitative estimate of drug-likeness (QED) is 0.689. The van der Waals surface area contributed by atoms with E-state index in [0.717, 1.165) is 25.9 Å². The zero-order chi connectivity index (χ0) is 23.4. The lowest BCUT2D eigenvalue weighted by Crippen LogP contribution is -2.49. The van der Waals surface area contributed by atoms with Gasteiger partial charge in [-0.05, 0) is 75.9 Å². The Bertz CT molecular complexity index is 957. The number of carbonyl (C=O) groups is 2. The van der Waals surface area contributed by atoms with Gasteiger partial charge in [-0.3, -0.25) is 9.59 Å². The molecule has 6 nitrogen and oxygen atoms in total. The number of nitrogens with zero attached hydrogens (tertiary/aromatic N) is 3. The minimum atomic E-state index is 0.0291. The van der Waals surface area contributed by atoms with Crippen LogP contribution in [0.25, 0.3) is 0 Å². The van der Waals surface area contributed by atoms with Crippen molar-refractivity contribution >= 4 is 17.5 Å². The molecule has 0 aliphatic carbocycles. The van der Waals surface area contributed by atoms with Gasteiger partial charge in [0.05, 0.1) is 0 Å². The van der Waals surface area contributed by atoms with Crippen molar-refractivity contribution in [1.82, 2.24) is 9.80 Å². The molecular formula is C27H35N3O3. The van der Waals surface area contributed by atoms with Gasteiger partial charge in [-0.25, -0.2) is 0 Å². The monoisotopic (exact) mass is 449 g/mol. The number of aryl methyl sites for hydroxylation is 1. The van der Waals surface area contributed by atoms with Gasteiger partial charge in [0.15, 0.2) is 6.61 Å². The van der Waals surface area contributed by atoms with E-state index in [1.165, 1.54) is 17.7 Å². The number of rotatable bonds is 5. The Labute approximate surface area is 197 Å². The topological polar surface area (TPSA) is 53.1 Å². The lowest BCUT2D eigenvalue weighted by Gasteiger charge is -2.39. The molecule has 2 fully saturated rings. The van der Waals surface area contributed by atoms with E-state index in [1.54, 1.807) is 24.3 Å². The first-order valence-electron chi connectivity index (χ1n) is 12.1. The molecule has 0 radical (unpaired) electrons. The van der Waals surface area contributed by atoms with E-state index in [9.17, 15) is 9.59 Å². The molecule has 176 valence electrons. The maximum Gasteiger partial charge on any atom is 0.260 e. The number of hydrogen-bond acceptors (Lipinski definition) is 4. The van der Waals surface area contributed by atoms with Crippen LogP contribution >= 0.6 is 0 Å². The summed E-state index contributed by atoms with van der Waals surface area (Å²) in [6, 6.07) is 16.1. The summed E-state index contributed by atoms with van der Waals surface area (Å²) in [6.45, 7) is 9.42. The standard InChI is InChI=1S/C27H35N3O3/c1-20-7-4-5-10-25(20)28-15-17-29(18-16-28)27(32)23-11-13-24(14-12-23)33-19-26(31)30-21(2)8-6-9-22(30)3/h4-5,7,10-14,21-22H,6,8-9,15-19H2,1-3H3. The lowest BCUT2D eigenvalue weighted by atomic mass is 9.97. The first-order chi connectivity index (χ1) is 15.9. The number of anilines is 1. The van der Waals surface area contributed by atoms with Crippen LogP contribution in [0.1, 0.15) is 49.0 Å². The number of hydrogen-bond donors (Lipinski definition) is 0. The Morgan fingerprint density at radius 3 is 2.18 bits per heavy atom. The van der Waals surface area contributed by atoms with Crippen LogP contribution in [0, 0.1) is 6.92 Å².